The van der Waals surface area contributed by atoms with Gasteiger partial charge in [-0.05, 0) is 24.2 Å². The molecule has 5 heteroatoms. The van der Waals surface area contributed by atoms with E-state index in [-0.39, 0.29) is 11.3 Å². The molecule has 1 saturated carbocycles. The monoisotopic (exact) mass is 227 g/mol. The number of fused-ring (bicyclic) bond motifs is 2. The summed E-state index contributed by atoms with van der Waals surface area (Å²) in [6, 6.07) is -1.10. The third-order valence-electron chi connectivity index (χ3n) is 4.88. The third kappa shape index (κ3) is 1.04. The van der Waals surface area contributed by atoms with Crippen molar-refractivity contribution < 1.29 is 19.9 Å². The van der Waals surface area contributed by atoms with Crippen LogP contribution in [0.4, 0.5) is 0 Å². The number of carboxylic acids is 1. The van der Waals surface area contributed by atoms with Crippen LogP contribution in [0.2, 0.25) is 0 Å². The lowest BCUT2D eigenvalue weighted by atomic mass is 9.61. The molecular weight excluding hydrogens is 210 g/mol. The summed E-state index contributed by atoms with van der Waals surface area (Å²) in [4.78, 5) is 23.2. The second-order valence-electron chi connectivity index (χ2n) is 5.63. The second kappa shape index (κ2) is 2.97. The molecular formula is C11H17NO4. The third-order valence-corrected chi connectivity index (χ3v) is 4.88. The first-order valence-electron chi connectivity index (χ1n) is 5.49. The number of amides is 1. The van der Waals surface area contributed by atoms with Crippen LogP contribution in [0.1, 0.15) is 33.6 Å². The summed E-state index contributed by atoms with van der Waals surface area (Å²) in [5.41, 5.74) is -1.02. The molecule has 2 bridgehead atoms. The van der Waals surface area contributed by atoms with Crippen molar-refractivity contribution in [1.29, 1.82) is 0 Å². The van der Waals surface area contributed by atoms with E-state index in [9.17, 15) is 14.8 Å². The Hall–Kier alpha value is -1.10. The number of hydrogen-bond acceptors (Lipinski definition) is 3. The number of carbonyl (C=O) groups excluding carboxylic acids is 1. The Morgan fingerprint density at radius 2 is 2.00 bits per heavy atom. The molecule has 0 aromatic carbocycles. The Bertz CT molecular complexity index is 365. The summed E-state index contributed by atoms with van der Waals surface area (Å²) in [5, 5.41) is 19.2. The van der Waals surface area contributed by atoms with Gasteiger partial charge in [0.2, 0.25) is 0 Å². The molecule has 1 heterocycles. The van der Waals surface area contributed by atoms with Crippen molar-refractivity contribution in [3.05, 3.63) is 0 Å². The number of aliphatic carboxylic acids is 1. The van der Waals surface area contributed by atoms with E-state index in [1.54, 1.807) is 0 Å². The van der Waals surface area contributed by atoms with Crippen LogP contribution < -0.4 is 0 Å². The van der Waals surface area contributed by atoms with Gasteiger partial charge in [-0.2, -0.15) is 0 Å². The van der Waals surface area contributed by atoms with Gasteiger partial charge in [0.05, 0.1) is 5.41 Å². The first-order chi connectivity index (χ1) is 7.23. The topological polar surface area (TPSA) is 77.8 Å². The molecule has 0 aromatic heterocycles. The zero-order valence-electron chi connectivity index (χ0n) is 9.73. The van der Waals surface area contributed by atoms with Gasteiger partial charge >= 0.3 is 5.97 Å². The molecule has 3 unspecified atom stereocenters. The normalized spacial score (nSPS) is 41.2. The Labute approximate surface area is 94.0 Å². The number of piperidine rings is 1. The molecule has 90 valence electrons. The fraction of sp³-hybridized carbons (Fsp3) is 0.818. The van der Waals surface area contributed by atoms with Gasteiger partial charge in [0, 0.05) is 0 Å². The van der Waals surface area contributed by atoms with Crippen LogP contribution in [-0.4, -0.2) is 33.3 Å². The summed E-state index contributed by atoms with van der Waals surface area (Å²) in [7, 11) is 0. The minimum Gasteiger partial charge on any atom is -0.480 e. The quantitative estimate of drug-likeness (QED) is 0.658. The zero-order valence-corrected chi connectivity index (χ0v) is 9.73. The molecule has 1 amide bonds. The average Bonchev–Trinajstić information content (AvgIpc) is 2.33. The van der Waals surface area contributed by atoms with Crippen LogP contribution in [0.3, 0.4) is 0 Å². The van der Waals surface area contributed by atoms with Crippen molar-refractivity contribution in [3.8, 4) is 0 Å². The van der Waals surface area contributed by atoms with Gasteiger partial charge in [0.25, 0.3) is 5.91 Å². The molecule has 1 saturated heterocycles. The second-order valence-corrected chi connectivity index (χ2v) is 5.63. The highest BCUT2D eigenvalue weighted by Gasteiger charge is 2.65. The number of hydrogen-bond donors (Lipinski definition) is 2. The summed E-state index contributed by atoms with van der Waals surface area (Å²) in [6.07, 6.45) is 1.31. The highest BCUT2D eigenvalue weighted by atomic mass is 16.5. The van der Waals surface area contributed by atoms with Crippen molar-refractivity contribution >= 4 is 11.9 Å². The van der Waals surface area contributed by atoms with Crippen LogP contribution in [0.15, 0.2) is 0 Å². The van der Waals surface area contributed by atoms with Gasteiger partial charge in [0.15, 0.2) is 6.04 Å². The molecule has 2 aliphatic rings. The molecule has 2 rings (SSSR count). The van der Waals surface area contributed by atoms with Gasteiger partial charge < -0.3 is 5.11 Å². The van der Waals surface area contributed by atoms with Gasteiger partial charge in [-0.3, -0.25) is 10.0 Å². The number of carboxylic acid groups (broad SMARTS) is 1. The first kappa shape index (κ1) is 11.4. The summed E-state index contributed by atoms with van der Waals surface area (Å²) in [5.74, 6) is -1.77. The van der Waals surface area contributed by atoms with E-state index < -0.39 is 23.3 Å². The lowest BCUT2D eigenvalue weighted by molar-refractivity contribution is -0.220. The minimum atomic E-state index is -1.13. The standard InChI is InChI=1S/C11H17NO4/c1-10(2)6-4-5-11(10,3)9(15)12(16)7(6)8(13)14/h6-7,16H,4-5H2,1-3H3,(H,13,14). The maximum atomic E-state index is 12.0. The zero-order chi connectivity index (χ0) is 12.3. The highest BCUT2D eigenvalue weighted by molar-refractivity contribution is 5.89. The van der Waals surface area contributed by atoms with E-state index >= 15 is 0 Å². The molecule has 0 radical (unpaired) electrons. The van der Waals surface area contributed by atoms with Gasteiger partial charge in [0.1, 0.15) is 0 Å². The molecule has 16 heavy (non-hydrogen) atoms. The molecule has 0 aromatic rings. The van der Waals surface area contributed by atoms with Crippen LogP contribution in [0, 0.1) is 16.7 Å². The van der Waals surface area contributed by atoms with Gasteiger partial charge in [-0.15, -0.1) is 0 Å². The number of rotatable bonds is 1. The van der Waals surface area contributed by atoms with Crippen molar-refractivity contribution in [2.45, 2.75) is 39.7 Å². The summed E-state index contributed by atoms with van der Waals surface area (Å²) < 4.78 is 0. The summed E-state index contributed by atoms with van der Waals surface area (Å²) >= 11 is 0. The van der Waals surface area contributed by atoms with Gasteiger partial charge in [-0.25, -0.2) is 9.86 Å². The van der Waals surface area contributed by atoms with Crippen LogP contribution >= 0.6 is 0 Å². The van der Waals surface area contributed by atoms with Crippen molar-refractivity contribution in [1.82, 2.24) is 5.06 Å². The molecule has 5 nitrogen and oxygen atoms in total. The Kier molecular flexibility index (Phi) is 2.11. The first-order valence-corrected chi connectivity index (χ1v) is 5.49. The largest absolute Gasteiger partial charge is 0.480 e. The van der Waals surface area contributed by atoms with E-state index in [4.69, 9.17) is 5.11 Å². The minimum absolute atomic E-state index is 0.183. The van der Waals surface area contributed by atoms with Gasteiger partial charge in [-0.1, -0.05) is 20.8 Å². The predicted octanol–water partition coefficient (Wildman–Crippen LogP) is 1.11. The molecule has 2 N–H and O–H groups in total. The van der Waals surface area contributed by atoms with E-state index in [1.165, 1.54) is 0 Å². The fourth-order valence-corrected chi connectivity index (χ4v) is 3.30. The van der Waals surface area contributed by atoms with E-state index in [1.807, 2.05) is 20.8 Å². The Morgan fingerprint density at radius 3 is 2.50 bits per heavy atom. The highest BCUT2D eigenvalue weighted by Crippen LogP contribution is 2.61. The molecule has 1 aliphatic carbocycles. The maximum absolute atomic E-state index is 12.0. The van der Waals surface area contributed by atoms with Crippen molar-refractivity contribution in [3.63, 3.8) is 0 Å². The number of nitrogens with zero attached hydrogens (tertiary/aromatic N) is 1. The number of hydroxylamine groups is 2. The maximum Gasteiger partial charge on any atom is 0.329 e. The molecule has 2 fully saturated rings. The SMILES string of the molecule is CC12CCC(C(C(=O)O)N(O)C1=O)C2(C)C. The fourth-order valence-electron chi connectivity index (χ4n) is 3.30. The summed E-state index contributed by atoms with van der Waals surface area (Å²) in [6.45, 7) is 5.66. The Morgan fingerprint density at radius 1 is 1.44 bits per heavy atom. The van der Waals surface area contributed by atoms with Crippen LogP contribution in [-0.2, 0) is 9.59 Å². The van der Waals surface area contributed by atoms with Crippen molar-refractivity contribution in [2.24, 2.45) is 16.7 Å². The molecule has 0 spiro atoms. The van der Waals surface area contributed by atoms with E-state index in [0.29, 0.717) is 17.9 Å². The molecule has 3 atom stereocenters. The Balaban J connectivity index is 2.52. The average molecular weight is 227 g/mol. The lowest BCUT2D eigenvalue weighted by Gasteiger charge is -2.49. The van der Waals surface area contributed by atoms with Crippen molar-refractivity contribution in [2.75, 3.05) is 0 Å². The smallest absolute Gasteiger partial charge is 0.329 e. The van der Waals surface area contributed by atoms with Crippen LogP contribution in [0.5, 0.6) is 0 Å². The van der Waals surface area contributed by atoms with Crippen LogP contribution in [0.25, 0.3) is 0 Å². The number of carbonyl (C=O) groups is 2. The predicted molar refractivity (Wildman–Crippen MR) is 54.7 cm³/mol. The van der Waals surface area contributed by atoms with E-state index in [0.717, 1.165) is 0 Å². The van der Waals surface area contributed by atoms with E-state index in [2.05, 4.69) is 0 Å². The molecule has 1 aliphatic heterocycles. The lowest BCUT2D eigenvalue weighted by Crippen LogP contribution is -2.62.